The maximum atomic E-state index is 9.77. The average Bonchev–Trinajstić information content (AvgIpc) is 1.84. The molecule has 0 aromatic carbocycles. The van der Waals surface area contributed by atoms with Crippen molar-refractivity contribution in [3.8, 4) is 0 Å². The molecule has 0 bridgehead atoms. The van der Waals surface area contributed by atoms with Gasteiger partial charge in [0.2, 0.25) is 0 Å². The number of aliphatic hydroxyl groups excluding tert-OH is 2. The van der Waals surface area contributed by atoms with Crippen LogP contribution >= 0.6 is 0 Å². The van der Waals surface area contributed by atoms with Crippen LogP contribution in [0.2, 0.25) is 0 Å². The van der Waals surface area contributed by atoms with Gasteiger partial charge < -0.3 is 20.4 Å². The van der Waals surface area contributed by atoms with E-state index in [1.807, 2.05) is 0 Å². The van der Waals surface area contributed by atoms with Gasteiger partial charge in [0.05, 0.1) is 0 Å². The predicted molar refractivity (Wildman–Crippen MR) is 27.3 cm³/mol. The summed E-state index contributed by atoms with van der Waals surface area (Å²) in [5, 5.41) is 32.5. The summed E-state index contributed by atoms with van der Waals surface area (Å²) >= 11 is 0. The van der Waals surface area contributed by atoms with Crippen molar-refractivity contribution in [1.82, 2.24) is 0 Å². The Morgan fingerprint density at radius 3 is 1.18 bits per heavy atom. The van der Waals surface area contributed by atoms with Crippen LogP contribution in [-0.2, 0) is 26.7 Å². The monoisotopic (exact) mass is 213 g/mol. The molecule has 7 heteroatoms. The summed E-state index contributed by atoms with van der Waals surface area (Å²) in [6.07, 6.45) is -4.53. The summed E-state index contributed by atoms with van der Waals surface area (Å²) in [5.41, 5.74) is 0. The molecule has 0 spiro atoms. The van der Waals surface area contributed by atoms with Gasteiger partial charge in [-0.05, 0) is 0 Å². The fraction of sp³-hybridized carbons (Fsp3) is 0.500. The quantitative estimate of drug-likeness (QED) is 0.399. The maximum absolute atomic E-state index is 9.77. The van der Waals surface area contributed by atoms with Crippen molar-refractivity contribution >= 4 is 11.9 Å². The predicted octanol–water partition coefficient (Wildman–Crippen LogP) is -2.13. The van der Waals surface area contributed by atoms with Crippen LogP contribution in [0.5, 0.6) is 0 Å². The molecule has 0 fully saturated rings. The van der Waals surface area contributed by atoms with Gasteiger partial charge in [0.15, 0.2) is 12.2 Å². The van der Waals surface area contributed by atoms with Crippen LogP contribution in [0.15, 0.2) is 0 Å². The third-order valence-electron chi connectivity index (χ3n) is 0.805. The zero-order chi connectivity index (χ0) is 8.31. The Bertz CT molecular complexity index is 139. The van der Waals surface area contributed by atoms with E-state index in [9.17, 15) is 9.59 Å². The van der Waals surface area contributed by atoms with E-state index in [1.54, 1.807) is 0 Å². The first-order chi connectivity index (χ1) is 4.46. The molecule has 69 valence electrons. The number of carboxylic acids is 2. The summed E-state index contributed by atoms with van der Waals surface area (Å²) < 4.78 is 0. The summed E-state index contributed by atoms with van der Waals surface area (Å²) in [4.78, 5) is 19.5. The molecule has 0 amide bonds. The van der Waals surface area contributed by atoms with Crippen molar-refractivity contribution in [2.24, 2.45) is 0 Å². The number of hydrogen-bond acceptors (Lipinski definition) is 4. The molecular formula is C4H6CuO6. The molecule has 0 unspecified atom stereocenters. The zero-order valence-electron chi connectivity index (χ0n) is 5.06. The summed E-state index contributed by atoms with van der Waals surface area (Å²) in [7, 11) is 0. The van der Waals surface area contributed by atoms with Crippen molar-refractivity contribution in [1.29, 1.82) is 0 Å². The van der Waals surface area contributed by atoms with E-state index in [2.05, 4.69) is 0 Å². The number of aliphatic hydroxyl groups is 2. The van der Waals surface area contributed by atoms with Crippen molar-refractivity contribution in [3.63, 3.8) is 0 Å². The molecule has 4 N–H and O–H groups in total. The van der Waals surface area contributed by atoms with Crippen molar-refractivity contribution in [3.05, 3.63) is 0 Å². The fourth-order valence-electron chi connectivity index (χ4n) is 0.270. The Morgan fingerprint density at radius 1 is 0.909 bits per heavy atom. The van der Waals surface area contributed by atoms with Crippen molar-refractivity contribution < 1.29 is 47.1 Å². The van der Waals surface area contributed by atoms with E-state index >= 15 is 0 Å². The molecule has 0 aromatic rings. The van der Waals surface area contributed by atoms with Crippen LogP contribution in [0.25, 0.3) is 0 Å². The smallest absolute Gasteiger partial charge is 0.335 e. The number of hydrogen-bond donors (Lipinski definition) is 4. The molecule has 0 saturated heterocycles. The van der Waals surface area contributed by atoms with Gasteiger partial charge in [-0.2, -0.15) is 0 Å². The molecule has 0 rings (SSSR count). The normalized spacial score (nSPS) is 14.4. The van der Waals surface area contributed by atoms with Gasteiger partial charge in [0.1, 0.15) is 0 Å². The summed E-state index contributed by atoms with van der Waals surface area (Å²) in [6, 6.07) is 0. The molecule has 0 aliphatic rings. The molecule has 0 saturated carbocycles. The van der Waals surface area contributed by atoms with Gasteiger partial charge >= 0.3 is 11.9 Å². The van der Waals surface area contributed by atoms with E-state index in [4.69, 9.17) is 20.4 Å². The van der Waals surface area contributed by atoms with Gasteiger partial charge in [-0.25, -0.2) is 9.59 Å². The Hall–Kier alpha value is -0.621. The standard InChI is InChI=1S/C4H6O6.Cu/c5-1(3(7)8)2(6)4(9)10;/h1-2,5-6H,(H,7,8)(H,9,10);/t1-,2-;/m1./s1. The second kappa shape index (κ2) is 5.09. The minimum absolute atomic E-state index is 0. The third kappa shape index (κ3) is 3.94. The van der Waals surface area contributed by atoms with Crippen LogP contribution in [0.4, 0.5) is 0 Å². The SMILES string of the molecule is O=C(O)[C@H](O)[C@@H](O)C(=O)O.[Cu]. The number of carbonyl (C=O) groups is 2. The molecule has 6 nitrogen and oxygen atoms in total. The van der Waals surface area contributed by atoms with Gasteiger partial charge in [0, 0.05) is 17.1 Å². The van der Waals surface area contributed by atoms with Crippen molar-refractivity contribution in [2.75, 3.05) is 0 Å². The Kier molecular flexibility index (Phi) is 6.01. The van der Waals surface area contributed by atoms with E-state index in [0.29, 0.717) is 0 Å². The molecule has 0 aliphatic carbocycles. The first kappa shape index (κ1) is 13.0. The molecule has 11 heavy (non-hydrogen) atoms. The van der Waals surface area contributed by atoms with Gasteiger partial charge in [-0.1, -0.05) is 0 Å². The van der Waals surface area contributed by atoms with E-state index in [-0.39, 0.29) is 17.1 Å². The topological polar surface area (TPSA) is 115 Å². The fourth-order valence-corrected chi connectivity index (χ4v) is 0.270. The van der Waals surface area contributed by atoms with Crippen molar-refractivity contribution in [2.45, 2.75) is 12.2 Å². The Labute approximate surface area is 71.9 Å². The minimum atomic E-state index is -2.27. The Morgan fingerprint density at radius 2 is 1.09 bits per heavy atom. The molecule has 1 radical (unpaired) electrons. The molecule has 2 atom stereocenters. The van der Waals surface area contributed by atoms with E-state index < -0.39 is 24.1 Å². The van der Waals surface area contributed by atoms with Crippen LogP contribution in [-0.4, -0.2) is 44.6 Å². The summed E-state index contributed by atoms with van der Waals surface area (Å²) in [6.45, 7) is 0. The van der Waals surface area contributed by atoms with Crippen LogP contribution < -0.4 is 0 Å². The van der Waals surface area contributed by atoms with Crippen LogP contribution in [0.1, 0.15) is 0 Å². The van der Waals surface area contributed by atoms with Gasteiger partial charge in [0.25, 0.3) is 0 Å². The second-order valence-corrected chi connectivity index (χ2v) is 1.57. The molecule has 0 heterocycles. The maximum Gasteiger partial charge on any atom is 0.335 e. The number of carboxylic acid groups (broad SMARTS) is 2. The number of aliphatic carboxylic acids is 2. The molecule has 0 aliphatic heterocycles. The first-order valence-electron chi connectivity index (χ1n) is 2.28. The van der Waals surface area contributed by atoms with E-state index in [0.717, 1.165) is 0 Å². The molecular weight excluding hydrogens is 208 g/mol. The average molecular weight is 214 g/mol. The first-order valence-corrected chi connectivity index (χ1v) is 2.28. The van der Waals surface area contributed by atoms with Crippen LogP contribution in [0, 0.1) is 0 Å². The minimum Gasteiger partial charge on any atom is -0.479 e. The van der Waals surface area contributed by atoms with E-state index in [1.165, 1.54) is 0 Å². The Balaban J connectivity index is 0. The van der Waals surface area contributed by atoms with Crippen LogP contribution in [0.3, 0.4) is 0 Å². The van der Waals surface area contributed by atoms with Gasteiger partial charge in [-0.3, -0.25) is 0 Å². The number of rotatable bonds is 3. The second-order valence-electron chi connectivity index (χ2n) is 1.57. The largest absolute Gasteiger partial charge is 0.479 e. The molecule has 0 aromatic heterocycles. The summed E-state index contributed by atoms with van der Waals surface area (Å²) in [5.74, 6) is -3.54. The third-order valence-corrected chi connectivity index (χ3v) is 0.805. The zero-order valence-corrected chi connectivity index (χ0v) is 6.00. The van der Waals surface area contributed by atoms with Gasteiger partial charge in [-0.15, -0.1) is 0 Å².